The lowest BCUT2D eigenvalue weighted by molar-refractivity contribution is 0.0951. The summed E-state index contributed by atoms with van der Waals surface area (Å²) in [5.41, 5.74) is 1.94. The number of hydrogen-bond donors (Lipinski definition) is 1. The Hall–Kier alpha value is -1.02. The van der Waals surface area contributed by atoms with Crippen LogP contribution in [0.5, 0.6) is 0 Å². The normalized spacial score (nSPS) is 12.8. The van der Waals surface area contributed by atoms with E-state index < -0.39 is 0 Å². The zero-order valence-corrected chi connectivity index (χ0v) is 13.7. The van der Waals surface area contributed by atoms with E-state index in [2.05, 4.69) is 33.0 Å². The third-order valence-corrected chi connectivity index (χ3v) is 4.37. The summed E-state index contributed by atoms with van der Waals surface area (Å²) in [6.45, 7) is 9.08. The van der Waals surface area contributed by atoms with E-state index in [4.69, 9.17) is 11.6 Å². The van der Waals surface area contributed by atoms with Gasteiger partial charge in [-0.2, -0.15) is 0 Å². The van der Waals surface area contributed by atoms with Crippen molar-refractivity contribution in [3.05, 3.63) is 35.4 Å². The minimum atomic E-state index is -0.0445. The van der Waals surface area contributed by atoms with Crippen LogP contribution in [0.1, 0.15) is 62.4 Å². The number of carbonyl (C=O) groups excluding carboxylic acids is 1. The van der Waals surface area contributed by atoms with Crippen molar-refractivity contribution in [3.63, 3.8) is 0 Å². The Labute approximate surface area is 127 Å². The molecule has 112 valence electrons. The first-order valence-electron chi connectivity index (χ1n) is 7.51. The summed E-state index contributed by atoms with van der Waals surface area (Å²) in [6, 6.07) is 7.79. The Bertz CT molecular complexity index is 410. The van der Waals surface area contributed by atoms with E-state index in [9.17, 15) is 4.79 Å². The third-order valence-electron chi connectivity index (χ3n) is 3.86. The zero-order chi connectivity index (χ0) is 15.1. The molecule has 0 aromatic heterocycles. The van der Waals surface area contributed by atoms with Crippen LogP contribution in [0.15, 0.2) is 24.3 Å². The van der Waals surface area contributed by atoms with Gasteiger partial charge in [0.25, 0.3) is 5.91 Å². The molecule has 1 N–H and O–H groups in total. The molecule has 0 heterocycles. The fourth-order valence-electron chi connectivity index (χ4n) is 2.28. The highest BCUT2D eigenvalue weighted by molar-refractivity contribution is 6.21. The number of halogens is 1. The predicted octanol–water partition coefficient (Wildman–Crippen LogP) is 4.58. The Morgan fingerprint density at radius 1 is 1.15 bits per heavy atom. The maximum atomic E-state index is 12.1. The topological polar surface area (TPSA) is 29.1 Å². The van der Waals surface area contributed by atoms with E-state index in [0.717, 1.165) is 12.8 Å². The van der Waals surface area contributed by atoms with Gasteiger partial charge < -0.3 is 5.32 Å². The van der Waals surface area contributed by atoms with Crippen LogP contribution in [0.25, 0.3) is 0 Å². The molecule has 2 nitrogen and oxygen atoms in total. The molecule has 0 radical (unpaired) electrons. The van der Waals surface area contributed by atoms with Crippen LogP contribution in [-0.4, -0.2) is 17.8 Å². The first-order valence-corrected chi connectivity index (χ1v) is 7.95. The molecule has 20 heavy (non-hydrogen) atoms. The van der Waals surface area contributed by atoms with Crippen molar-refractivity contribution in [1.82, 2.24) is 5.32 Å². The lowest BCUT2D eigenvalue weighted by atomic mass is 9.99. The van der Waals surface area contributed by atoms with Crippen molar-refractivity contribution in [2.45, 2.75) is 51.8 Å². The molecule has 1 aromatic carbocycles. The maximum Gasteiger partial charge on any atom is 0.251 e. The minimum absolute atomic E-state index is 0.00360. The number of benzene rings is 1. The summed E-state index contributed by atoms with van der Waals surface area (Å²) in [4.78, 5) is 12.1. The van der Waals surface area contributed by atoms with Crippen molar-refractivity contribution in [1.29, 1.82) is 0 Å². The summed E-state index contributed by atoms with van der Waals surface area (Å²) < 4.78 is 0. The van der Waals surface area contributed by atoms with Gasteiger partial charge in [-0.15, -0.1) is 11.6 Å². The molecule has 3 heteroatoms. The van der Waals surface area contributed by atoms with Gasteiger partial charge in [0.1, 0.15) is 0 Å². The van der Waals surface area contributed by atoms with Gasteiger partial charge in [-0.05, 0) is 29.5 Å². The summed E-state index contributed by atoms with van der Waals surface area (Å²) in [5, 5.41) is 2.93. The van der Waals surface area contributed by atoms with Gasteiger partial charge in [-0.25, -0.2) is 0 Å². The average molecular weight is 296 g/mol. The number of hydrogen-bond acceptors (Lipinski definition) is 1. The standard InChI is InChI=1S/C17H26ClNO/c1-5-13(6-2)16(18)11-19-17(20)15-9-7-14(8-10-15)12(3)4/h7-10,12-13,16H,5-6,11H2,1-4H3,(H,19,20). The molecule has 0 saturated carbocycles. The molecule has 0 fully saturated rings. The highest BCUT2D eigenvalue weighted by Crippen LogP contribution is 2.18. The average Bonchev–Trinajstić information content (AvgIpc) is 2.46. The molecule has 1 rings (SSSR count). The van der Waals surface area contributed by atoms with Crippen molar-refractivity contribution in [2.75, 3.05) is 6.54 Å². The van der Waals surface area contributed by atoms with E-state index in [-0.39, 0.29) is 11.3 Å². The molecule has 0 aliphatic rings. The van der Waals surface area contributed by atoms with Crippen LogP contribution in [0.3, 0.4) is 0 Å². The quantitative estimate of drug-likeness (QED) is 0.733. The second-order valence-electron chi connectivity index (χ2n) is 5.58. The lowest BCUT2D eigenvalue weighted by Gasteiger charge is -2.19. The van der Waals surface area contributed by atoms with E-state index >= 15 is 0 Å². The Kier molecular flexibility index (Phi) is 7.08. The van der Waals surface area contributed by atoms with E-state index in [1.807, 2.05) is 24.3 Å². The fraction of sp³-hybridized carbons (Fsp3) is 0.588. The van der Waals surface area contributed by atoms with Crippen molar-refractivity contribution >= 4 is 17.5 Å². The van der Waals surface area contributed by atoms with Gasteiger partial charge in [0.2, 0.25) is 0 Å². The fourth-order valence-corrected chi connectivity index (χ4v) is 2.71. The van der Waals surface area contributed by atoms with Crippen LogP contribution >= 0.6 is 11.6 Å². The molecule has 1 aromatic rings. The van der Waals surface area contributed by atoms with Crippen LogP contribution < -0.4 is 5.32 Å². The number of nitrogens with one attached hydrogen (secondary N) is 1. The van der Waals surface area contributed by atoms with Gasteiger partial charge in [0.15, 0.2) is 0 Å². The molecule has 1 atom stereocenters. The maximum absolute atomic E-state index is 12.1. The predicted molar refractivity (Wildman–Crippen MR) is 86.6 cm³/mol. The van der Waals surface area contributed by atoms with Crippen LogP contribution in [0, 0.1) is 5.92 Å². The third kappa shape index (κ3) is 4.82. The Morgan fingerprint density at radius 3 is 2.15 bits per heavy atom. The molecule has 0 bridgehead atoms. The molecule has 0 aliphatic heterocycles. The van der Waals surface area contributed by atoms with Crippen molar-refractivity contribution < 1.29 is 4.79 Å². The van der Waals surface area contributed by atoms with Crippen molar-refractivity contribution in [3.8, 4) is 0 Å². The zero-order valence-electron chi connectivity index (χ0n) is 12.9. The van der Waals surface area contributed by atoms with Crippen LogP contribution in [0.2, 0.25) is 0 Å². The highest BCUT2D eigenvalue weighted by Gasteiger charge is 2.16. The second kappa shape index (κ2) is 8.31. The monoisotopic (exact) mass is 295 g/mol. The van der Waals surface area contributed by atoms with Gasteiger partial charge >= 0.3 is 0 Å². The van der Waals surface area contributed by atoms with E-state index in [1.165, 1.54) is 5.56 Å². The van der Waals surface area contributed by atoms with Gasteiger partial charge in [0, 0.05) is 12.1 Å². The molecular weight excluding hydrogens is 270 g/mol. The molecule has 1 unspecified atom stereocenters. The highest BCUT2D eigenvalue weighted by atomic mass is 35.5. The minimum Gasteiger partial charge on any atom is -0.351 e. The van der Waals surface area contributed by atoms with Gasteiger partial charge in [-0.1, -0.05) is 52.7 Å². The first kappa shape index (κ1) is 17.0. The Balaban J connectivity index is 2.54. The largest absolute Gasteiger partial charge is 0.351 e. The molecule has 0 aliphatic carbocycles. The summed E-state index contributed by atoms with van der Waals surface area (Å²) >= 11 is 6.33. The SMILES string of the molecule is CCC(CC)C(Cl)CNC(=O)c1ccc(C(C)C)cc1. The van der Waals surface area contributed by atoms with Gasteiger partial charge in [0.05, 0.1) is 5.38 Å². The second-order valence-corrected chi connectivity index (χ2v) is 6.14. The number of rotatable bonds is 7. The summed E-state index contributed by atoms with van der Waals surface area (Å²) in [5.74, 6) is 0.895. The summed E-state index contributed by atoms with van der Waals surface area (Å²) in [7, 11) is 0. The first-order chi connectivity index (χ1) is 9.49. The van der Waals surface area contributed by atoms with Crippen LogP contribution in [0.4, 0.5) is 0 Å². The van der Waals surface area contributed by atoms with Crippen molar-refractivity contribution in [2.24, 2.45) is 5.92 Å². The molecule has 0 spiro atoms. The van der Waals surface area contributed by atoms with Gasteiger partial charge in [-0.3, -0.25) is 4.79 Å². The Morgan fingerprint density at radius 2 is 1.70 bits per heavy atom. The molecular formula is C17H26ClNO. The molecule has 1 amide bonds. The summed E-state index contributed by atoms with van der Waals surface area (Å²) in [6.07, 6.45) is 2.09. The number of carbonyl (C=O) groups is 1. The molecule has 0 saturated heterocycles. The number of alkyl halides is 1. The smallest absolute Gasteiger partial charge is 0.251 e. The van der Waals surface area contributed by atoms with E-state index in [0.29, 0.717) is 23.9 Å². The lowest BCUT2D eigenvalue weighted by Crippen LogP contribution is -2.33. The van der Waals surface area contributed by atoms with Crippen LogP contribution in [-0.2, 0) is 0 Å². The van der Waals surface area contributed by atoms with E-state index in [1.54, 1.807) is 0 Å². The number of amides is 1.